The standard InChI is InChI=1S/C59H103N2O7P/c1-6-8-10-12-14-16-18-20-21-22-23-24-25-26-27-28-29-30-31-32-33-34-35-36-37-38-39-40-42-44-46-48-50-52-58(63)60-56(55-68-69(65,66)67-54-53-61(3,4)5)59(64)57(62)51-49-47-45-43-41-19-17-15-13-11-9-7-2/h8,10,14,16,20-21,23-24,26-27,29-30,32-33,35-36,38-39,56-57,59,62,64H,6-7,9,11-13,15,17-19,22,25,28,31,34,37,40-55H2,1-5H3,(H-,60,63,65,66)/b10-8-,16-14-,21-20-,24-23-,27-26-,30-29-,33-32-,36-35-,39-38-. The molecule has 0 aromatic rings. The number of rotatable bonds is 48. The van der Waals surface area contributed by atoms with E-state index in [9.17, 15) is 24.5 Å². The van der Waals surface area contributed by atoms with Crippen molar-refractivity contribution in [1.82, 2.24) is 5.32 Å². The summed E-state index contributed by atoms with van der Waals surface area (Å²) in [4.78, 5) is 25.5. The highest BCUT2D eigenvalue weighted by Crippen LogP contribution is 2.38. The van der Waals surface area contributed by atoms with Gasteiger partial charge < -0.3 is 34.0 Å². The normalized spacial score (nSPS) is 15.3. The van der Waals surface area contributed by atoms with Gasteiger partial charge in [-0.3, -0.25) is 9.36 Å². The Hall–Kier alpha value is -2.88. The van der Waals surface area contributed by atoms with Gasteiger partial charge in [0.1, 0.15) is 19.3 Å². The average Bonchev–Trinajstić information content (AvgIpc) is 3.31. The number of aliphatic hydroxyl groups is 2. The van der Waals surface area contributed by atoms with Crippen molar-refractivity contribution in [2.45, 2.75) is 218 Å². The van der Waals surface area contributed by atoms with Crippen molar-refractivity contribution in [2.75, 3.05) is 40.9 Å². The van der Waals surface area contributed by atoms with Gasteiger partial charge in [-0.1, -0.05) is 220 Å². The lowest BCUT2D eigenvalue weighted by Gasteiger charge is -2.31. The van der Waals surface area contributed by atoms with Crippen LogP contribution < -0.4 is 10.2 Å². The summed E-state index contributed by atoms with van der Waals surface area (Å²) < 4.78 is 23.2. The molecule has 4 unspecified atom stereocenters. The van der Waals surface area contributed by atoms with Gasteiger partial charge in [-0.15, -0.1) is 0 Å². The van der Waals surface area contributed by atoms with Crippen molar-refractivity contribution in [3.8, 4) is 0 Å². The molecule has 0 saturated carbocycles. The number of phosphoric ester groups is 1. The summed E-state index contributed by atoms with van der Waals surface area (Å²) in [7, 11) is 1.09. The minimum atomic E-state index is -4.68. The maximum Gasteiger partial charge on any atom is 0.268 e. The first-order valence-electron chi connectivity index (χ1n) is 27.3. The Bertz CT molecular complexity index is 1510. The molecule has 0 rings (SSSR count). The molecular formula is C59H103N2O7P. The molecule has 9 nitrogen and oxygen atoms in total. The van der Waals surface area contributed by atoms with Crippen LogP contribution in [0.4, 0.5) is 0 Å². The fourth-order valence-corrected chi connectivity index (χ4v) is 8.03. The van der Waals surface area contributed by atoms with Crippen molar-refractivity contribution >= 4 is 13.7 Å². The highest BCUT2D eigenvalue weighted by molar-refractivity contribution is 7.45. The first-order chi connectivity index (χ1) is 33.4. The Morgan fingerprint density at radius 3 is 1.33 bits per heavy atom. The van der Waals surface area contributed by atoms with Crippen LogP contribution in [0.5, 0.6) is 0 Å². The lowest BCUT2D eigenvalue weighted by molar-refractivity contribution is -0.870. The molecular weight excluding hydrogens is 880 g/mol. The van der Waals surface area contributed by atoms with Gasteiger partial charge in [0, 0.05) is 6.42 Å². The third-order valence-corrected chi connectivity index (χ3v) is 12.6. The highest BCUT2D eigenvalue weighted by Gasteiger charge is 2.29. The largest absolute Gasteiger partial charge is 0.756 e. The third kappa shape index (κ3) is 49.9. The number of nitrogens with one attached hydrogen (secondary N) is 1. The van der Waals surface area contributed by atoms with Gasteiger partial charge in [0.25, 0.3) is 7.82 Å². The van der Waals surface area contributed by atoms with Crippen molar-refractivity contribution in [3.05, 3.63) is 109 Å². The smallest absolute Gasteiger partial charge is 0.268 e. The van der Waals surface area contributed by atoms with Crippen LogP contribution in [0.1, 0.15) is 200 Å². The average molecular weight is 983 g/mol. The van der Waals surface area contributed by atoms with Crippen molar-refractivity contribution < 1.29 is 38.0 Å². The third-order valence-electron chi connectivity index (χ3n) is 11.6. The van der Waals surface area contributed by atoms with Gasteiger partial charge in [-0.05, 0) is 83.5 Å². The lowest BCUT2D eigenvalue weighted by atomic mass is 9.99. The van der Waals surface area contributed by atoms with Gasteiger partial charge in [-0.2, -0.15) is 0 Å². The number of phosphoric acid groups is 1. The molecule has 1 amide bonds. The second kappa shape index (κ2) is 48.7. The molecule has 0 aromatic carbocycles. The van der Waals surface area contributed by atoms with Crippen molar-refractivity contribution in [1.29, 1.82) is 0 Å². The molecule has 0 fully saturated rings. The number of hydrogen-bond donors (Lipinski definition) is 3. The Morgan fingerprint density at radius 1 is 0.536 bits per heavy atom. The summed E-state index contributed by atoms with van der Waals surface area (Å²) in [5.41, 5.74) is 0. The number of hydrogen-bond acceptors (Lipinski definition) is 7. The number of likely N-dealkylation sites (N-methyl/N-ethyl adjacent to an activating group) is 1. The molecule has 0 saturated heterocycles. The zero-order chi connectivity index (χ0) is 50.8. The minimum absolute atomic E-state index is 0.0508. The molecule has 0 aromatic heterocycles. The molecule has 0 bridgehead atoms. The summed E-state index contributed by atoms with van der Waals surface area (Å²) in [5, 5.41) is 24.7. The molecule has 0 aliphatic carbocycles. The Kier molecular flexibility index (Phi) is 46.7. The SMILES string of the molecule is CC/C=C\C/C=C\C/C=C\C/C=C\C/C=C\C/C=C\C/C=C\C/C=C\C/C=C\CCCCCCCC(=O)NC(COP(=O)([O-])OCC[N+](C)(C)C)C(O)C(O)CCCCCCCCCCCCCC. The van der Waals surface area contributed by atoms with E-state index in [1.807, 2.05) is 21.1 Å². The zero-order valence-electron chi connectivity index (χ0n) is 44.6. The van der Waals surface area contributed by atoms with E-state index in [2.05, 4.69) is 129 Å². The number of unbranched alkanes of at least 4 members (excludes halogenated alkanes) is 16. The summed E-state index contributed by atoms with van der Waals surface area (Å²) in [6.45, 7) is 4.29. The molecule has 0 spiro atoms. The first-order valence-corrected chi connectivity index (χ1v) is 28.8. The van der Waals surface area contributed by atoms with Crippen LogP contribution in [0, 0.1) is 0 Å². The van der Waals surface area contributed by atoms with Gasteiger partial charge in [-0.25, -0.2) is 0 Å². The molecule has 3 N–H and O–H groups in total. The minimum Gasteiger partial charge on any atom is -0.756 e. The maximum atomic E-state index is 13.0. The summed E-state index contributed by atoms with van der Waals surface area (Å²) >= 11 is 0. The highest BCUT2D eigenvalue weighted by atomic mass is 31.2. The predicted octanol–water partition coefficient (Wildman–Crippen LogP) is 14.8. The van der Waals surface area contributed by atoms with Crippen LogP contribution >= 0.6 is 7.82 Å². The monoisotopic (exact) mass is 983 g/mol. The molecule has 396 valence electrons. The van der Waals surface area contributed by atoms with Crippen LogP contribution in [-0.2, 0) is 18.4 Å². The van der Waals surface area contributed by atoms with E-state index >= 15 is 0 Å². The molecule has 0 heterocycles. The molecule has 0 aliphatic rings. The summed E-state index contributed by atoms with van der Waals surface area (Å²) in [6.07, 6.45) is 67.1. The van der Waals surface area contributed by atoms with Crippen LogP contribution in [0.25, 0.3) is 0 Å². The summed E-state index contributed by atoms with van der Waals surface area (Å²) in [5.74, 6) is -0.303. The van der Waals surface area contributed by atoms with E-state index in [1.54, 1.807) is 0 Å². The number of quaternary nitrogens is 1. The topological polar surface area (TPSA) is 128 Å². The van der Waals surface area contributed by atoms with Gasteiger partial charge in [0.05, 0.1) is 39.9 Å². The van der Waals surface area contributed by atoms with E-state index in [0.29, 0.717) is 23.9 Å². The van der Waals surface area contributed by atoms with E-state index < -0.39 is 32.7 Å². The lowest BCUT2D eigenvalue weighted by Crippen LogP contribution is -2.51. The van der Waals surface area contributed by atoms with Gasteiger partial charge in [0.15, 0.2) is 0 Å². The number of allylic oxidation sites excluding steroid dienone is 18. The van der Waals surface area contributed by atoms with Crippen molar-refractivity contribution in [2.24, 2.45) is 0 Å². The van der Waals surface area contributed by atoms with E-state index in [-0.39, 0.29) is 18.9 Å². The van der Waals surface area contributed by atoms with Gasteiger partial charge in [0.2, 0.25) is 5.91 Å². The maximum absolute atomic E-state index is 13.0. The number of nitrogens with zero attached hydrogens (tertiary/aromatic N) is 1. The Morgan fingerprint density at radius 2 is 0.913 bits per heavy atom. The number of amides is 1. The van der Waals surface area contributed by atoms with Crippen molar-refractivity contribution in [3.63, 3.8) is 0 Å². The molecule has 69 heavy (non-hydrogen) atoms. The number of carbonyl (C=O) groups excluding carboxylic acids is 1. The molecule has 4 atom stereocenters. The zero-order valence-corrected chi connectivity index (χ0v) is 45.5. The Labute approximate surface area is 424 Å². The van der Waals surface area contributed by atoms with E-state index in [4.69, 9.17) is 9.05 Å². The van der Waals surface area contributed by atoms with Crippen LogP contribution in [0.3, 0.4) is 0 Å². The number of aliphatic hydroxyl groups excluding tert-OH is 2. The fourth-order valence-electron chi connectivity index (χ4n) is 7.30. The fraction of sp³-hybridized carbons (Fsp3) is 0.678. The van der Waals surface area contributed by atoms with Crippen LogP contribution in [0.2, 0.25) is 0 Å². The molecule has 10 heteroatoms. The predicted molar refractivity (Wildman–Crippen MR) is 294 cm³/mol. The summed E-state index contributed by atoms with van der Waals surface area (Å²) in [6, 6.07) is -1.09. The quantitative estimate of drug-likeness (QED) is 0.0240. The molecule has 0 aliphatic heterocycles. The van der Waals surface area contributed by atoms with Crippen LogP contribution in [-0.4, -0.2) is 79.8 Å². The first kappa shape index (κ1) is 66.1. The van der Waals surface area contributed by atoms with E-state index in [1.165, 1.54) is 51.4 Å². The van der Waals surface area contributed by atoms with Crippen LogP contribution in [0.15, 0.2) is 109 Å². The number of carbonyl (C=O) groups is 1. The molecule has 0 radical (unpaired) electrons. The second-order valence-corrected chi connectivity index (χ2v) is 20.8. The van der Waals surface area contributed by atoms with Gasteiger partial charge >= 0.3 is 0 Å². The Balaban J connectivity index is 4.31. The second-order valence-electron chi connectivity index (χ2n) is 19.3. The van der Waals surface area contributed by atoms with E-state index in [0.717, 1.165) is 116 Å².